The zero-order valence-electron chi connectivity index (χ0n) is 19.9. The minimum absolute atomic E-state index is 0.149. The van der Waals surface area contributed by atoms with Crippen LogP contribution in [0.2, 0.25) is 0 Å². The number of hydrogen-bond acceptors (Lipinski definition) is 7. The largest absolute Gasteiger partial charge is 0.454 e. The molecule has 176 valence electrons. The van der Waals surface area contributed by atoms with Gasteiger partial charge in [-0.25, -0.2) is 9.78 Å². The summed E-state index contributed by atoms with van der Waals surface area (Å²) in [5, 5.41) is 6.54. The number of rotatable bonds is 4. The van der Waals surface area contributed by atoms with E-state index in [0.29, 0.717) is 18.0 Å². The Morgan fingerprint density at radius 3 is 2.73 bits per heavy atom. The minimum Gasteiger partial charge on any atom is -0.454 e. The number of hydrogen-bond donors (Lipinski definition) is 2. The van der Waals surface area contributed by atoms with Crippen LogP contribution in [0.25, 0.3) is 0 Å². The molecule has 2 N–H and O–H groups in total. The third kappa shape index (κ3) is 5.32. The van der Waals surface area contributed by atoms with Gasteiger partial charge in [-0.15, -0.1) is 0 Å². The van der Waals surface area contributed by atoms with Crippen LogP contribution in [-0.2, 0) is 4.74 Å². The van der Waals surface area contributed by atoms with Gasteiger partial charge in [-0.2, -0.15) is 0 Å². The number of benzene rings is 1. The van der Waals surface area contributed by atoms with Crippen LogP contribution in [0.15, 0.2) is 36.4 Å². The molecule has 0 fully saturated rings. The Kier molecular flexibility index (Phi) is 6.35. The number of anilines is 3. The van der Waals surface area contributed by atoms with Gasteiger partial charge < -0.3 is 24.8 Å². The van der Waals surface area contributed by atoms with Gasteiger partial charge in [0.25, 0.3) is 0 Å². The Hall–Kier alpha value is -3.42. The molecular formula is C25H32N4O4. The maximum Gasteiger partial charge on any atom is 0.411 e. The highest BCUT2D eigenvalue weighted by Crippen LogP contribution is 2.45. The molecule has 3 heterocycles. The van der Waals surface area contributed by atoms with Gasteiger partial charge in [0, 0.05) is 48.4 Å². The van der Waals surface area contributed by atoms with Crippen LogP contribution in [0.5, 0.6) is 11.5 Å². The number of allylic oxidation sites excluding steroid dienone is 1. The highest BCUT2D eigenvalue weighted by molar-refractivity contribution is 5.71. The average molecular weight is 453 g/mol. The van der Waals surface area contributed by atoms with Gasteiger partial charge in [0.2, 0.25) is 6.79 Å². The van der Waals surface area contributed by atoms with Crippen LogP contribution < -0.4 is 20.1 Å². The van der Waals surface area contributed by atoms with Crippen molar-refractivity contribution < 1.29 is 19.0 Å². The zero-order valence-corrected chi connectivity index (χ0v) is 19.9. The Bertz CT molecular complexity index is 1060. The van der Waals surface area contributed by atoms with Crippen molar-refractivity contribution in [1.29, 1.82) is 0 Å². The average Bonchev–Trinajstić information content (AvgIpc) is 3.07. The van der Waals surface area contributed by atoms with E-state index in [2.05, 4.69) is 21.7 Å². The van der Waals surface area contributed by atoms with Gasteiger partial charge >= 0.3 is 6.09 Å². The van der Waals surface area contributed by atoms with Gasteiger partial charge in [-0.05, 0) is 52.7 Å². The number of nitrogens with zero attached hydrogens (tertiary/aromatic N) is 2. The summed E-state index contributed by atoms with van der Waals surface area (Å²) in [6, 6.07) is 7.63. The van der Waals surface area contributed by atoms with Crippen LogP contribution in [-0.4, -0.2) is 42.0 Å². The molecule has 2 aromatic rings. The maximum atomic E-state index is 13.1. The van der Waals surface area contributed by atoms with Gasteiger partial charge in [0.15, 0.2) is 11.5 Å². The molecule has 1 amide bonds. The Balaban J connectivity index is 1.71. The smallest absolute Gasteiger partial charge is 0.411 e. The molecule has 1 aromatic heterocycles. The molecule has 0 spiro atoms. The third-order valence-corrected chi connectivity index (χ3v) is 5.45. The first-order chi connectivity index (χ1) is 15.7. The summed E-state index contributed by atoms with van der Waals surface area (Å²) >= 11 is 0. The van der Waals surface area contributed by atoms with Crippen LogP contribution in [0.4, 0.5) is 22.0 Å². The van der Waals surface area contributed by atoms with Crippen molar-refractivity contribution in [2.75, 3.05) is 31.0 Å². The fraction of sp³-hybridized carbons (Fsp3) is 0.440. The summed E-state index contributed by atoms with van der Waals surface area (Å²) < 4.78 is 17.3. The predicted octanol–water partition coefficient (Wildman–Crippen LogP) is 5.53. The topological polar surface area (TPSA) is 85.0 Å². The van der Waals surface area contributed by atoms with Crippen molar-refractivity contribution >= 4 is 23.3 Å². The van der Waals surface area contributed by atoms with Gasteiger partial charge in [-0.1, -0.05) is 12.2 Å². The molecule has 0 radical (unpaired) electrons. The van der Waals surface area contributed by atoms with Crippen molar-refractivity contribution in [3.8, 4) is 11.5 Å². The van der Waals surface area contributed by atoms with Gasteiger partial charge in [0.05, 0.1) is 6.04 Å². The van der Waals surface area contributed by atoms with Crippen molar-refractivity contribution in [2.24, 2.45) is 0 Å². The number of pyridine rings is 1. The normalized spacial score (nSPS) is 17.5. The number of carbonyl (C=O) groups excluding carboxylic acids is 1. The quantitative estimate of drug-likeness (QED) is 0.590. The van der Waals surface area contributed by atoms with E-state index in [1.807, 2.05) is 65.1 Å². The number of aryl methyl sites for hydroxylation is 1. The van der Waals surface area contributed by atoms with E-state index in [1.54, 1.807) is 4.90 Å². The number of aromatic nitrogens is 1. The standard InChI is InChI=1S/C25H32N4O4/c1-16-11-17(26-5)14-22(27-16)28-18-12-19(23-21(13-18)31-15-32-23)20-9-7-6-8-10-29(20)24(30)33-25(2,3)4/h6,8,11-14,20H,7,9-10,15H2,1-5H3,(H2,26,27,28). The Morgan fingerprint density at radius 2 is 1.97 bits per heavy atom. The molecule has 1 atom stereocenters. The van der Waals surface area contributed by atoms with E-state index >= 15 is 0 Å². The fourth-order valence-electron chi connectivity index (χ4n) is 4.07. The minimum atomic E-state index is -0.579. The first kappa shape index (κ1) is 22.8. The molecule has 33 heavy (non-hydrogen) atoms. The van der Waals surface area contributed by atoms with E-state index < -0.39 is 5.60 Å². The van der Waals surface area contributed by atoms with Crippen molar-refractivity contribution in [2.45, 2.75) is 52.2 Å². The van der Waals surface area contributed by atoms with Crippen LogP contribution in [0.1, 0.15) is 50.9 Å². The second kappa shape index (κ2) is 9.21. The van der Waals surface area contributed by atoms with E-state index in [9.17, 15) is 4.79 Å². The van der Waals surface area contributed by atoms with Crippen molar-refractivity contribution in [3.05, 3.63) is 47.7 Å². The van der Waals surface area contributed by atoms with Crippen LogP contribution in [0, 0.1) is 6.92 Å². The molecule has 2 aliphatic rings. The summed E-state index contributed by atoms with van der Waals surface area (Å²) in [4.78, 5) is 19.5. The molecule has 8 heteroatoms. The van der Waals surface area contributed by atoms with E-state index in [0.717, 1.165) is 41.3 Å². The first-order valence-corrected chi connectivity index (χ1v) is 11.2. The molecule has 0 saturated carbocycles. The highest BCUT2D eigenvalue weighted by Gasteiger charge is 2.33. The third-order valence-electron chi connectivity index (χ3n) is 5.45. The molecular weight excluding hydrogens is 420 g/mol. The van der Waals surface area contributed by atoms with Gasteiger partial charge in [-0.3, -0.25) is 4.90 Å². The summed E-state index contributed by atoms with van der Waals surface area (Å²) in [6.07, 6.45) is 5.38. The molecule has 1 unspecified atom stereocenters. The van der Waals surface area contributed by atoms with Crippen LogP contribution >= 0.6 is 0 Å². The number of amides is 1. The highest BCUT2D eigenvalue weighted by atomic mass is 16.7. The van der Waals surface area contributed by atoms with Crippen molar-refractivity contribution in [3.63, 3.8) is 0 Å². The van der Waals surface area contributed by atoms with Crippen molar-refractivity contribution in [1.82, 2.24) is 9.88 Å². The van der Waals surface area contributed by atoms with E-state index in [-0.39, 0.29) is 18.9 Å². The lowest BCUT2D eigenvalue weighted by atomic mass is 9.98. The lowest BCUT2D eigenvalue weighted by Gasteiger charge is -2.33. The van der Waals surface area contributed by atoms with E-state index in [1.165, 1.54) is 0 Å². The number of carbonyl (C=O) groups is 1. The molecule has 8 nitrogen and oxygen atoms in total. The molecule has 0 bridgehead atoms. The summed E-state index contributed by atoms with van der Waals surface area (Å²) in [6.45, 7) is 8.20. The SMILES string of the molecule is CNc1cc(C)nc(Nc2cc3c(c(C4CCC=CCN4C(=O)OC(C)(C)C)c2)OCO3)c1. The lowest BCUT2D eigenvalue weighted by molar-refractivity contribution is 0.0180. The zero-order chi connectivity index (χ0) is 23.6. The fourth-order valence-corrected chi connectivity index (χ4v) is 4.07. The van der Waals surface area contributed by atoms with E-state index in [4.69, 9.17) is 14.2 Å². The predicted molar refractivity (Wildman–Crippen MR) is 128 cm³/mol. The number of ether oxygens (including phenoxy) is 3. The second-order valence-corrected chi connectivity index (χ2v) is 9.25. The number of nitrogens with one attached hydrogen (secondary N) is 2. The van der Waals surface area contributed by atoms with Crippen LogP contribution in [0.3, 0.4) is 0 Å². The monoisotopic (exact) mass is 452 g/mol. The molecule has 0 saturated heterocycles. The first-order valence-electron chi connectivity index (χ1n) is 11.2. The molecule has 1 aromatic carbocycles. The molecule has 2 aliphatic heterocycles. The molecule has 0 aliphatic carbocycles. The summed E-state index contributed by atoms with van der Waals surface area (Å²) in [7, 11) is 1.88. The Morgan fingerprint density at radius 1 is 1.15 bits per heavy atom. The van der Waals surface area contributed by atoms with Gasteiger partial charge in [0.1, 0.15) is 11.4 Å². The molecule has 4 rings (SSSR count). The number of fused-ring (bicyclic) bond motifs is 1. The maximum absolute atomic E-state index is 13.1. The lowest BCUT2D eigenvalue weighted by Crippen LogP contribution is -2.39. The Labute approximate surface area is 194 Å². The summed E-state index contributed by atoms with van der Waals surface area (Å²) in [5.74, 6) is 2.04. The summed E-state index contributed by atoms with van der Waals surface area (Å²) in [5.41, 5.74) is 3.00. The second-order valence-electron chi connectivity index (χ2n) is 9.25.